The van der Waals surface area contributed by atoms with Gasteiger partial charge >= 0.3 is 0 Å². The average molecular weight is 180 g/mol. The van der Waals surface area contributed by atoms with Gasteiger partial charge in [0.15, 0.2) is 5.78 Å². The largest absolute Gasteiger partial charge is 0.300 e. The minimum Gasteiger partial charge on any atom is -0.300 e. The van der Waals surface area contributed by atoms with Crippen LogP contribution in [0.3, 0.4) is 0 Å². The molecular weight excluding hydrogens is 164 g/mol. The second-order valence-corrected chi connectivity index (χ2v) is 3.12. The molecule has 0 aromatic rings. The zero-order chi connectivity index (χ0) is 9.68. The molecule has 13 heavy (non-hydrogen) atoms. The Kier molecular flexibility index (Phi) is 3.83. The quantitative estimate of drug-likeness (QED) is 0.644. The third kappa shape index (κ3) is 3.11. The SMILES string of the molecule is CCN(CC)CC1=CC(=O)CN=C1. The van der Waals surface area contributed by atoms with Crippen molar-refractivity contribution in [2.75, 3.05) is 26.2 Å². The van der Waals surface area contributed by atoms with Crippen LogP contribution >= 0.6 is 0 Å². The highest BCUT2D eigenvalue weighted by molar-refractivity contribution is 6.01. The lowest BCUT2D eigenvalue weighted by molar-refractivity contribution is -0.113. The Morgan fingerprint density at radius 2 is 2.15 bits per heavy atom. The minimum atomic E-state index is 0.115. The van der Waals surface area contributed by atoms with Crippen LogP contribution in [0.25, 0.3) is 0 Å². The molecule has 0 saturated carbocycles. The molecule has 1 aliphatic heterocycles. The smallest absolute Gasteiger partial charge is 0.177 e. The molecule has 0 bridgehead atoms. The van der Waals surface area contributed by atoms with Gasteiger partial charge in [-0.3, -0.25) is 14.7 Å². The van der Waals surface area contributed by atoms with E-state index in [0.29, 0.717) is 6.54 Å². The number of carbonyl (C=O) groups is 1. The molecule has 72 valence electrons. The molecule has 3 nitrogen and oxygen atoms in total. The Hall–Kier alpha value is -0.960. The van der Waals surface area contributed by atoms with Crippen molar-refractivity contribution >= 4 is 12.0 Å². The van der Waals surface area contributed by atoms with Crippen LogP contribution in [0.15, 0.2) is 16.6 Å². The molecule has 0 aliphatic carbocycles. The van der Waals surface area contributed by atoms with Crippen molar-refractivity contribution in [1.82, 2.24) is 4.90 Å². The normalized spacial score (nSPS) is 16.5. The van der Waals surface area contributed by atoms with Crippen molar-refractivity contribution in [3.05, 3.63) is 11.6 Å². The summed E-state index contributed by atoms with van der Waals surface area (Å²) in [7, 11) is 0. The fraction of sp³-hybridized carbons (Fsp3) is 0.600. The molecule has 1 rings (SSSR count). The second kappa shape index (κ2) is 4.92. The molecule has 0 atom stereocenters. The molecular formula is C10H16N2O. The topological polar surface area (TPSA) is 32.7 Å². The number of carbonyl (C=O) groups excluding carboxylic acids is 1. The van der Waals surface area contributed by atoms with Crippen LogP contribution in [0.1, 0.15) is 13.8 Å². The highest BCUT2D eigenvalue weighted by atomic mass is 16.1. The molecule has 0 aromatic carbocycles. The van der Waals surface area contributed by atoms with Crippen LogP contribution in [0.4, 0.5) is 0 Å². The first-order valence-corrected chi connectivity index (χ1v) is 4.71. The summed E-state index contributed by atoms with van der Waals surface area (Å²) in [4.78, 5) is 17.3. The van der Waals surface area contributed by atoms with Crippen LogP contribution in [-0.2, 0) is 4.79 Å². The number of likely N-dealkylation sites (N-methyl/N-ethyl adjacent to an activating group) is 1. The van der Waals surface area contributed by atoms with Crippen molar-refractivity contribution in [2.24, 2.45) is 4.99 Å². The van der Waals surface area contributed by atoms with E-state index in [2.05, 4.69) is 23.7 Å². The lowest BCUT2D eigenvalue weighted by Crippen LogP contribution is -2.27. The monoisotopic (exact) mass is 180 g/mol. The van der Waals surface area contributed by atoms with Gasteiger partial charge in [-0.05, 0) is 24.7 Å². The molecule has 0 unspecified atom stereocenters. The summed E-state index contributed by atoms with van der Waals surface area (Å²) in [5.74, 6) is 0.115. The molecule has 1 heterocycles. The van der Waals surface area contributed by atoms with Crippen molar-refractivity contribution in [3.63, 3.8) is 0 Å². The molecule has 0 saturated heterocycles. The minimum absolute atomic E-state index is 0.115. The first kappa shape index (κ1) is 10.1. The first-order valence-electron chi connectivity index (χ1n) is 4.71. The van der Waals surface area contributed by atoms with Crippen LogP contribution < -0.4 is 0 Å². The van der Waals surface area contributed by atoms with Gasteiger partial charge in [-0.25, -0.2) is 0 Å². The lowest BCUT2D eigenvalue weighted by atomic mass is 10.1. The van der Waals surface area contributed by atoms with E-state index < -0.39 is 0 Å². The van der Waals surface area contributed by atoms with Gasteiger partial charge in [0.1, 0.15) is 6.54 Å². The predicted octanol–water partition coefficient (Wildman–Crippen LogP) is 0.908. The maximum Gasteiger partial charge on any atom is 0.177 e. The fourth-order valence-electron chi connectivity index (χ4n) is 1.33. The van der Waals surface area contributed by atoms with Crippen molar-refractivity contribution in [2.45, 2.75) is 13.8 Å². The Balaban J connectivity index is 2.52. The summed E-state index contributed by atoms with van der Waals surface area (Å²) in [6.07, 6.45) is 3.50. The highest BCUT2D eigenvalue weighted by Gasteiger charge is 2.07. The zero-order valence-electron chi connectivity index (χ0n) is 8.29. The zero-order valence-corrected chi connectivity index (χ0v) is 8.29. The van der Waals surface area contributed by atoms with Crippen molar-refractivity contribution < 1.29 is 4.79 Å². The van der Waals surface area contributed by atoms with Gasteiger partial charge in [-0.2, -0.15) is 0 Å². The Bertz CT molecular complexity index is 239. The number of dihydropyridines is 1. The first-order chi connectivity index (χ1) is 6.26. The fourth-order valence-corrected chi connectivity index (χ4v) is 1.33. The average Bonchev–Trinajstić information content (AvgIpc) is 2.14. The van der Waals surface area contributed by atoms with E-state index in [1.807, 2.05) is 0 Å². The third-order valence-electron chi connectivity index (χ3n) is 2.15. The summed E-state index contributed by atoms with van der Waals surface area (Å²) in [6, 6.07) is 0. The number of ketones is 1. The Labute approximate surface area is 79.1 Å². The summed E-state index contributed by atoms with van der Waals surface area (Å²) < 4.78 is 0. The standard InChI is InChI=1S/C10H16N2O/c1-3-12(4-2)8-9-5-10(13)7-11-6-9/h5-6H,3-4,7-8H2,1-2H3. The number of aliphatic imine (C=N–C) groups is 1. The Morgan fingerprint density at radius 1 is 1.46 bits per heavy atom. The Morgan fingerprint density at radius 3 is 2.69 bits per heavy atom. The molecule has 0 spiro atoms. The summed E-state index contributed by atoms with van der Waals surface area (Å²) in [5, 5.41) is 0. The van der Waals surface area contributed by atoms with Crippen LogP contribution in [0, 0.1) is 0 Å². The predicted molar refractivity (Wildman–Crippen MR) is 54.2 cm³/mol. The summed E-state index contributed by atoms with van der Waals surface area (Å²) >= 11 is 0. The van der Waals surface area contributed by atoms with Crippen LogP contribution in [0.5, 0.6) is 0 Å². The molecule has 0 amide bonds. The summed E-state index contributed by atoms with van der Waals surface area (Å²) in [5.41, 5.74) is 1.03. The van der Waals surface area contributed by atoms with Gasteiger partial charge in [-0.15, -0.1) is 0 Å². The number of hydrogen-bond donors (Lipinski definition) is 0. The number of hydrogen-bond acceptors (Lipinski definition) is 3. The van der Waals surface area contributed by atoms with E-state index in [-0.39, 0.29) is 5.78 Å². The molecule has 0 radical (unpaired) electrons. The van der Waals surface area contributed by atoms with Gasteiger partial charge in [0.2, 0.25) is 0 Å². The molecule has 0 N–H and O–H groups in total. The molecule has 1 aliphatic rings. The van der Waals surface area contributed by atoms with Crippen molar-refractivity contribution in [1.29, 1.82) is 0 Å². The lowest BCUT2D eigenvalue weighted by Gasteiger charge is -2.18. The van der Waals surface area contributed by atoms with Gasteiger partial charge in [0.05, 0.1) is 0 Å². The van der Waals surface area contributed by atoms with Crippen LogP contribution in [0.2, 0.25) is 0 Å². The van der Waals surface area contributed by atoms with Gasteiger partial charge in [-0.1, -0.05) is 13.8 Å². The van der Waals surface area contributed by atoms with E-state index in [0.717, 1.165) is 25.2 Å². The van der Waals surface area contributed by atoms with E-state index in [9.17, 15) is 4.79 Å². The van der Waals surface area contributed by atoms with Gasteiger partial charge in [0, 0.05) is 12.8 Å². The molecule has 3 heteroatoms. The van der Waals surface area contributed by atoms with E-state index in [1.54, 1.807) is 12.3 Å². The molecule has 0 fully saturated rings. The number of nitrogens with zero attached hydrogens (tertiary/aromatic N) is 2. The van der Waals surface area contributed by atoms with E-state index in [1.165, 1.54) is 0 Å². The second-order valence-electron chi connectivity index (χ2n) is 3.12. The highest BCUT2D eigenvalue weighted by Crippen LogP contribution is 2.01. The third-order valence-corrected chi connectivity index (χ3v) is 2.15. The maximum absolute atomic E-state index is 11.0. The van der Waals surface area contributed by atoms with E-state index in [4.69, 9.17) is 0 Å². The van der Waals surface area contributed by atoms with E-state index >= 15 is 0 Å². The maximum atomic E-state index is 11.0. The molecule has 0 aromatic heterocycles. The number of rotatable bonds is 4. The van der Waals surface area contributed by atoms with Gasteiger partial charge < -0.3 is 0 Å². The van der Waals surface area contributed by atoms with Crippen LogP contribution in [-0.4, -0.2) is 43.1 Å². The van der Waals surface area contributed by atoms with Gasteiger partial charge in [0.25, 0.3) is 0 Å². The summed E-state index contributed by atoms with van der Waals surface area (Å²) in [6.45, 7) is 7.41. The van der Waals surface area contributed by atoms with Crippen molar-refractivity contribution in [3.8, 4) is 0 Å².